The molecule has 1 amide bonds. The lowest BCUT2D eigenvalue weighted by atomic mass is 10.2. The Balaban J connectivity index is 2.06. The van der Waals surface area contributed by atoms with E-state index in [0.29, 0.717) is 11.3 Å². The molecule has 5 N–H and O–H groups in total. The normalized spacial score (nSPS) is 11.5. The molecule has 0 atom stereocenters. The van der Waals surface area contributed by atoms with E-state index in [1.54, 1.807) is 0 Å². The van der Waals surface area contributed by atoms with Crippen LogP contribution in [0.3, 0.4) is 0 Å². The van der Waals surface area contributed by atoms with Gasteiger partial charge >= 0.3 is 0 Å². The maximum Gasteiger partial charge on any atom is 0.241 e. The molecule has 2 aromatic rings. The molecule has 8 nitrogen and oxygen atoms in total. The molecule has 1 aromatic carbocycles. The number of hydrogen-bond acceptors (Lipinski definition) is 7. The van der Waals surface area contributed by atoms with Gasteiger partial charge in [0.1, 0.15) is 23.2 Å². The van der Waals surface area contributed by atoms with Gasteiger partial charge < -0.3 is 21.7 Å². The lowest BCUT2D eigenvalue weighted by Gasteiger charge is -2.10. The number of anilines is 2. The van der Waals surface area contributed by atoms with Crippen LogP contribution < -0.4 is 21.7 Å². The number of rotatable bonds is 8. The van der Waals surface area contributed by atoms with E-state index in [9.17, 15) is 13.6 Å². The number of halogens is 3. The minimum Gasteiger partial charge on any atom is -0.403 e. The Morgan fingerprint density at radius 2 is 2.04 bits per heavy atom. The van der Waals surface area contributed by atoms with Gasteiger partial charge in [-0.1, -0.05) is 11.6 Å². The third kappa shape index (κ3) is 6.47. The zero-order chi connectivity index (χ0) is 20.5. The van der Waals surface area contributed by atoms with Gasteiger partial charge in [0.05, 0.1) is 11.9 Å². The van der Waals surface area contributed by atoms with Crippen LogP contribution in [-0.2, 0) is 11.3 Å². The molecule has 11 heteroatoms. The molecule has 0 radical (unpaired) electrons. The van der Waals surface area contributed by atoms with Crippen molar-refractivity contribution in [3.05, 3.63) is 58.5 Å². The predicted molar refractivity (Wildman–Crippen MR) is 104 cm³/mol. The number of nitrogens with two attached hydrogens (primary N) is 1. The van der Waals surface area contributed by atoms with Crippen molar-refractivity contribution < 1.29 is 13.6 Å². The fourth-order valence-corrected chi connectivity index (χ4v) is 2.16. The fraction of sp³-hybridized carbons (Fsp3) is 0.176. The summed E-state index contributed by atoms with van der Waals surface area (Å²) >= 11 is 6.06. The van der Waals surface area contributed by atoms with Crippen LogP contribution in [0.25, 0.3) is 0 Å². The molecule has 148 valence electrons. The highest BCUT2D eigenvalue weighted by Crippen LogP contribution is 2.21. The van der Waals surface area contributed by atoms with Gasteiger partial charge in [-0.25, -0.2) is 13.8 Å². The van der Waals surface area contributed by atoms with Crippen LogP contribution in [0.15, 0.2) is 41.3 Å². The van der Waals surface area contributed by atoms with Crippen molar-refractivity contribution in [3.8, 4) is 0 Å². The first-order valence-corrected chi connectivity index (χ1v) is 8.39. The molecular weight excluding hydrogens is 392 g/mol. The number of nitrogens with one attached hydrogen (secondary N) is 3. The smallest absolute Gasteiger partial charge is 0.241 e. The van der Waals surface area contributed by atoms with E-state index in [1.165, 1.54) is 37.8 Å². The molecule has 2 rings (SSSR count). The van der Waals surface area contributed by atoms with Gasteiger partial charge in [-0.2, -0.15) is 4.98 Å². The second-order valence-electron chi connectivity index (χ2n) is 5.41. The van der Waals surface area contributed by atoms with Crippen molar-refractivity contribution in [1.29, 1.82) is 0 Å². The standard InChI is InChI=1S/C17H18ClF2N7O/c1-22-15(28)9-23-7-13(5-21)26-17-25-8-14(18)16(27-17)24-6-10-2-11(19)4-12(20)3-10/h2-5,7-8H,6,9,21H2,1H3,(H,22,28)(H2,24,25,26,27). The highest BCUT2D eigenvalue weighted by molar-refractivity contribution is 6.32. The minimum atomic E-state index is -0.679. The third-order valence-electron chi connectivity index (χ3n) is 3.31. The molecule has 0 aliphatic rings. The van der Waals surface area contributed by atoms with Crippen molar-refractivity contribution in [1.82, 2.24) is 15.3 Å². The Labute approximate surface area is 164 Å². The van der Waals surface area contributed by atoms with Crippen LogP contribution in [0.4, 0.5) is 20.5 Å². The quantitative estimate of drug-likeness (QED) is 0.496. The SMILES string of the molecule is CNC(=O)CN=CC(=CN)Nc1ncc(Cl)c(NCc2cc(F)cc(F)c2)n1. The molecule has 0 aliphatic heterocycles. The van der Waals surface area contributed by atoms with Crippen LogP contribution >= 0.6 is 11.6 Å². The van der Waals surface area contributed by atoms with Crippen LogP contribution in [-0.4, -0.2) is 35.7 Å². The van der Waals surface area contributed by atoms with Crippen molar-refractivity contribution in [2.45, 2.75) is 6.54 Å². The zero-order valence-corrected chi connectivity index (χ0v) is 15.6. The number of amides is 1. The van der Waals surface area contributed by atoms with Crippen LogP contribution in [0.5, 0.6) is 0 Å². The number of likely N-dealkylation sites (N-methyl/N-ethyl adjacent to an activating group) is 1. The van der Waals surface area contributed by atoms with Gasteiger partial charge in [0.2, 0.25) is 11.9 Å². The molecule has 0 saturated heterocycles. The van der Waals surface area contributed by atoms with Crippen LogP contribution in [0.1, 0.15) is 5.56 Å². The maximum absolute atomic E-state index is 13.3. The average Bonchev–Trinajstić information content (AvgIpc) is 2.66. The summed E-state index contributed by atoms with van der Waals surface area (Å²) in [5.74, 6) is -1.21. The average molecular weight is 410 g/mol. The lowest BCUT2D eigenvalue weighted by molar-refractivity contribution is -0.119. The summed E-state index contributed by atoms with van der Waals surface area (Å²) in [4.78, 5) is 23.3. The minimum absolute atomic E-state index is 0.0615. The summed E-state index contributed by atoms with van der Waals surface area (Å²) in [6, 6.07) is 3.18. The van der Waals surface area contributed by atoms with Gasteiger partial charge in [-0.3, -0.25) is 9.79 Å². The van der Waals surface area contributed by atoms with E-state index in [4.69, 9.17) is 17.3 Å². The molecule has 0 saturated carbocycles. The molecule has 0 aliphatic carbocycles. The number of allylic oxidation sites excluding steroid dienone is 1. The van der Waals surface area contributed by atoms with Gasteiger partial charge in [-0.15, -0.1) is 0 Å². The summed E-state index contributed by atoms with van der Waals surface area (Å²) in [5, 5.41) is 8.36. The first-order valence-electron chi connectivity index (χ1n) is 8.02. The van der Waals surface area contributed by atoms with E-state index in [0.717, 1.165) is 6.07 Å². The van der Waals surface area contributed by atoms with Crippen LogP contribution in [0, 0.1) is 11.6 Å². The van der Waals surface area contributed by atoms with Crippen molar-refractivity contribution in [2.75, 3.05) is 24.2 Å². The second-order valence-corrected chi connectivity index (χ2v) is 5.82. The van der Waals surface area contributed by atoms with Crippen LogP contribution in [0.2, 0.25) is 5.02 Å². The number of aliphatic imine (C=N–C) groups is 1. The zero-order valence-electron chi connectivity index (χ0n) is 14.8. The van der Waals surface area contributed by atoms with Crippen molar-refractivity contribution in [2.24, 2.45) is 10.7 Å². The molecule has 1 heterocycles. The number of nitrogens with zero attached hydrogens (tertiary/aromatic N) is 3. The number of carbonyl (C=O) groups excluding carboxylic acids is 1. The maximum atomic E-state index is 13.3. The number of hydrogen-bond donors (Lipinski definition) is 4. The highest BCUT2D eigenvalue weighted by Gasteiger charge is 2.08. The number of benzene rings is 1. The molecule has 1 aromatic heterocycles. The van der Waals surface area contributed by atoms with Gasteiger partial charge in [0, 0.05) is 32.1 Å². The first-order chi connectivity index (χ1) is 13.4. The van der Waals surface area contributed by atoms with E-state index in [1.807, 2.05) is 0 Å². The summed E-state index contributed by atoms with van der Waals surface area (Å²) in [6.45, 7) is 0.0338. The Morgan fingerprint density at radius 3 is 2.68 bits per heavy atom. The summed E-state index contributed by atoms with van der Waals surface area (Å²) in [6.07, 6.45) is 3.94. The Hall–Kier alpha value is -3.27. The highest BCUT2D eigenvalue weighted by atomic mass is 35.5. The third-order valence-corrected chi connectivity index (χ3v) is 3.58. The Bertz CT molecular complexity index is 885. The Morgan fingerprint density at radius 1 is 1.32 bits per heavy atom. The largest absolute Gasteiger partial charge is 0.403 e. The van der Waals surface area contributed by atoms with Crippen molar-refractivity contribution in [3.63, 3.8) is 0 Å². The monoisotopic (exact) mass is 409 g/mol. The summed E-state index contributed by atoms with van der Waals surface area (Å²) < 4.78 is 26.5. The van der Waals surface area contributed by atoms with E-state index in [-0.39, 0.29) is 35.8 Å². The van der Waals surface area contributed by atoms with Gasteiger partial charge in [0.25, 0.3) is 0 Å². The van der Waals surface area contributed by atoms with Crippen molar-refractivity contribution >= 4 is 35.5 Å². The summed E-state index contributed by atoms with van der Waals surface area (Å²) in [5.41, 5.74) is 6.25. The molecule has 0 unspecified atom stereocenters. The van der Waals surface area contributed by atoms with E-state index < -0.39 is 11.6 Å². The summed E-state index contributed by atoms with van der Waals surface area (Å²) in [7, 11) is 1.50. The topological polar surface area (TPSA) is 117 Å². The Kier molecular flexibility index (Phi) is 7.64. The van der Waals surface area contributed by atoms with E-state index >= 15 is 0 Å². The number of aromatic nitrogens is 2. The number of carbonyl (C=O) groups is 1. The lowest BCUT2D eigenvalue weighted by Crippen LogP contribution is -2.20. The molecular formula is C17H18ClF2N7O. The van der Waals surface area contributed by atoms with E-state index in [2.05, 4.69) is 30.9 Å². The fourth-order valence-electron chi connectivity index (χ4n) is 2.00. The molecule has 0 spiro atoms. The predicted octanol–water partition coefficient (Wildman–Crippen LogP) is 2.05. The van der Waals surface area contributed by atoms with Gasteiger partial charge in [0.15, 0.2) is 5.82 Å². The second kappa shape index (κ2) is 10.2. The van der Waals surface area contributed by atoms with Gasteiger partial charge in [-0.05, 0) is 17.7 Å². The molecule has 0 bridgehead atoms. The molecule has 0 fully saturated rings. The first kappa shape index (κ1) is 21.0. The molecule has 28 heavy (non-hydrogen) atoms.